The molecule has 0 radical (unpaired) electrons. The van der Waals surface area contributed by atoms with E-state index in [1.165, 1.54) is 12.0 Å². The molecule has 2 aliphatic rings. The van der Waals surface area contributed by atoms with Gasteiger partial charge in [0.15, 0.2) is 0 Å². The fraction of sp³-hybridized carbons (Fsp3) is 0.467. The molecule has 1 N–H and O–H groups in total. The first-order valence-corrected chi connectivity index (χ1v) is 7.79. The topological polar surface area (TPSA) is 76.1 Å². The van der Waals surface area contributed by atoms with Crippen molar-refractivity contribution in [2.24, 2.45) is 0 Å². The molecule has 3 rings (SSSR count). The number of carbonyl (C=O) groups is 2. The van der Waals surface area contributed by atoms with Crippen molar-refractivity contribution in [1.29, 1.82) is 0 Å². The van der Waals surface area contributed by atoms with Crippen LogP contribution in [0.2, 0.25) is 0 Å². The molecule has 2 heterocycles. The fourth-order valence-electron chi connectivity index (χ4n) is 3.04. The third-order valence-corrected chi connectivity index (χ3v) is 4.71. The van der Waals surface area contributed by atoms with E-state index in [1.54, 1.807) is 0 Å². The van der Waals surface area contributed by atoms with Crippen molar-refractivity contribution in [3.8, 4) is 5.75 Å². The number of methoxy groups -OCH3 is 1. The van der Waals surface area contributed by atoms with Gasteiger partial charge in [-0.25, -0.2) is 4.79 Å². The lowest BCUT2D eigenvalue weighted by Gasteiger charge is -2.24. The lowest BCUT2D eigenvalue weighted by Crippen LogP contribution is -2.43. The molecule has 1 aromatic carbocycles. The summed E-state index contributed by atoms with van der Waals surface area (Å²) in [6.07, 6.45) is 0.0746. The molecule has 0 spiro atoms. The zero-order chi connectivity index (χ0) is 15.9. The first-order valence-electron chi connectivity index (χ1n) is 6.99. The second kappa shape index (κ2) is 5.89. The van der Waals surface area contributed by atoms with Crippen molar-refractivity contribution in [3.05, 3.63) is 28.2 Å². The largest absolute Gasteiger partial charge is 0.492 e. The number of likely N-dealkylation sites (tertiary alicyclic amines) is 1. The van der Waals surface area contributed by atoms with Crippen LogP contribution in [0.1, 0.15) is 17.9 Å². The average molecular weight is 370 g/mol. The SMILES string of the molecule is COC1CC(C(=O)O)N(C(=O)C2COc3ccc(Br)cc32)C1. The summed E-state index contributed by atoms with van der Waals surface area (Å²) < 4.78 is 11.6. The maximum absolute atomic E-state index is 12.8. The van der Waals surface area contributed by atoms with Crippen molar-refractivity contribution in [2.75, 3.05) is 20.3 Å². The van der Waals surface area contributed by atoms with Gasteiger partial charge in [-0.1, -0.05) is 15.9 Å². The number of fused-ring (bicyclic) bond motifs is 1. The number of ether oxygens (including phenoxy) is 2. The van der Waals surface area contributed by atoms with E-state index >= 15 is 0 Å². The molecule has 6 nitrogen and oxygen atoms in total. The lowest BCUT2D eigenvalue weighted by atomic mass is 9.99. The van der Waals surface area contributed by atoms with Crippen LogP contribution in [0.5, 0.6) is 5.75 Å². The van der Waals surface area contributed by atoms with Crippen LogP contribution in [0, 0.1) is 0 Å². The van der Waals surface area contributed by atoms with E-state index in [1.807, 2.05) is 18.2 Å². The molecule has 0 saturated carbocycles. The van der Waals surface area contributed by atoms with E-state index < -0.39 is 17.9 Å². The number of amides is 1. The Morgan fingerprint density at radius 1 is 1.45 bits per heavy atom. The molecular formula is C15H16BrNO5. The van der Waals surface area contributed by atoms with Crippen molar-refractivity contribution in [1.82, 2.24) is 4.90 Å². The van der Waals surface area contributed by atoms with Gasteiger partial charge < -0.3 is 19.5 Å². The molecule has 7 heteroatoms. The molecule has 22 heavy (non-hydrogen) atoms. The number of aliphatic carboxylic acids is 1. The van der Waals surface area contributed by atoms with Gasteiger partial charge in [-0.15, -0.1) is 0 Å². The van der Waals surface area contributed by atoms with E-state index in [9.17, 15) is 14.7 Å². The molecule has 118 valence electrons. The third-order valence-electron chi connectivity index (χ3n) is 4.22. The highest BCUT2D eigenvalue weighted by Gasteiger charge is 2.44. The van der Waals surface area contributed by atoms with Gasteiger partial charge in [0.1, 0.15) is 24.3 Å². The molecule has 3 unspecified atom stereocenters. The van der Waals surface area contributed by atoms with Gasteiger partial charge in [0.25, 0.3) is 0 Å². The van der Waals surface area contributed by atoms with Crippen LogP contribution in [-0.4, -0.2) is 54.3 Å². The van der Waals surface area contributed by atoms with Crippen molar-refractivity contribution in [2.45, 2.75) is 24.5 Å². The smallest absolute Gasteiger partial charge is 0.326 e. The number of halogens is 1. The monoisotopic (exact) mass is 369 g/mol. The highest BCUT2D eigenvalue weighted by molar-refractivity contribution is 9.10. The summed E-state index contributed by atoms with van der Waals surface area (Å²) >= 11 is 3.39. The molecule has 1 saturated heterocycles. The lowest BCUT2D eigenvalue weighted by molar-refractivity contribution is -0.148. The molecule has 3 atom stereocenters. The number of carbonyl (C=O) groups excluding carboxylic acids is 1. The van der Waals surface area contributed by atoms with Gasteiger partial charge in [-0.2, -0.15) is 0 Å². The van der Waals surface area contributed by atoms with Gasteiger partial charge in [0, 0.05) is 30.1 Å². The van der Waals surface area contributed by atoms with Crippen LogP contribution in [-0.2, 0) is 14.3 Å². The molecule has 1 fully saturated rings. The van der Waals surface area contributed by atoms with Gasteiger partial charge in [0.05, 0.1) is 6.10 Å². The number of benzene rings is 1. The van der Waals surface area contributed by atoms with Gasteiger partial charge in [-0.05, 0) is 18.2 Å². The summed E-state index contributed by atoms with van der Waals surface area (Å²) in [7, 11) is 1.53. The normalized spacial score (nSPS) is 26.6. The van der Waals surface area contributed by atoms with E-state index in [0.29, 0.717) is 18.7 Å². The number of hydrogen-bond donors (Lipinski definition) is 1. The number of nitrogens with zero attached hydrogens (tertiary/aromatic N) is 1. The highest BCUT2D eigenvalue weighted by Crippen LogP contribution is 2.38. The van der Waals surface area contributed by atoms with Crippen LogP contribution in [0.25, 0.3) is 0 Å². The van der Waals surface area contributed by atoms with E-state index in [-0.39, 0.29) is 18.6 Å². The number of hydrogen-bond acceptors (Lipinski definition) is 4. The summed E-state index contributed by atoms with van der Waals surface area (Å²) in [5, 5.41) is 9.34. The standard InChI is InChI=1S/C15H16BrNO5/c1-21-9-5-12(15(19)20)17(6-9)14(18)11-7-22-13-3-2-8(16)4-10(11)13/h2-4,9,11-12H,5-7H2,1H3,(H,19,20). The minimum absolute atomic E-state index is 0.219. The Hall–Kier alpha value is -1.60. The van der Waals surface area contributed by atoms with Crippen LogP contribution >= 0.6 is 15.9 Å². The van der Waals surface area contributed by atoms with Crippen molar-refractivity contribution >= 4 is 27.8 Å². The quantitative estimate of drug-likeness (QED) is 0.875. The highest BCUT2D eigenvalue weighted by atomic mass is 79.9. The fourth-order valence-corrected chi connectivity index (χ4v) is 3.42. The summed E-state index contributed by atoms with van der Waals surface area (Å²) in [6, 6.07) is 4.67. The minimum Gasteiger partial charge on any atom is -0.492 e. The first kappa shape index (κ1) is 15.3. The van der Waals surface area contributed by atoms with Crippen LogP contribution in [0.3, 0.4) is 0 Å². The Labute approximate surface area is 136 Å². The van der Waals surface area contributed by atoms with E-state index in [0.717, 1.165) is 10.0 Å². The Morgan fingerprint density at radius 2 is 2.23 bits per heavy atom. The van der Waals surface area contributed by atoms with E-state index in [4.69, 9.17) is 9.47 Å². The molecule has 2 aliphatic heterocycles. The average Bonchev–Trinajstić information content (AvgIpc) is 3.10. The molecule has 0 aromatic heterocycles. The Balaban J connectivity index is 1.86. The minimum atomic E-state index is -0.999. The second-order valence-electron chi connectivity index (χ2n) is 5.48. The van der Waals surface area contributed by atoms with Crippen LogP contribution < -0.4 is 4.74 Å². The first-order chi connectivity index (χ1) is 10.5. The summed E-state index contributed by atoms with van der Waals surface area (Å²) in [6.45, 7) is 0.539. The van der Waals surface area contributed by atoms with E-state index in [2.05, 4.69) is 15.9 Å². The number of carboxylic acids is 1. The molecule has 1 amide bonds. The van der Waals surface area contributed by atoms with Crippen molar-refractivity contribution in [3.63, 3.8) is 0 Å². The summed E-state index contributed by atoms with van der Waals surface area (Å²) in [4.78, 5) is 25.6. The van der Waals surface area contributed by atoms with Gasteiger partial charge >= 0.3 is 5.97 Å². The van der Waals surface area contributed by atoms with Gasteiger partial charge in [0.2, 0.25) is 5.91 Å². The zero-order valence-electron chi connectivity index (χ0n) is 12.0. The predicted octanol–water partition coefficient (Wildman–Crippen LogP) is 1.63. The Morgan fingerprint density at radius 3 is 2.91 bits per heavy atom. The number of carboxylic acid groups (broad SMARTS) is 1. The van der Waals surface area contributed by atoms with Crippen LogP contribution in [0.4, 0.5) is 0 Å². The molecule has 1 aromatic rings. The summed E-state index contributed by atoms with van der Waals surface area (Å²) in [5.74, 6) is -1.01. The summed E-state index contributed by atoms with van der Waals surface area (Å²) in [5.41, 5.74) is 0.796. The number of rotatable bonds is 3. The predicted molar refractivity (Wildman–Crippen MR) is 80.9 cm³/mol. The van der Waals surface area contributed by atoms with Gasteiger partial charge in [-0.3, -0.25) is 4.79 Å². The second-order valence-corrected chi connectivity index (χ2v) is 6.40. The third kappa shape index (κ3) is 2.59. The molecule has 0 aliphatic carbocycles. The maximum Gasteiger partial charge on any atom is 0.326 e. The van der Waals surface area contributed by atoms with Crippen LogP contribution in [0.15, 0.2) is 22.7 Å². The zero-order valence-corrected chi connectivity index (χ0v) is 13.6. The van der Waals surface area contributed by atoms with Crippen molar-refractivity contribution < 1.29 is 24.2 Å². The Bertz CT molecular complexity index is 620. The Kier molecular flexibility index (Phi) is 4.10. The molecular weight excluding hydrogens is 354 g/mol. The molecule has 0 bridgehead atoms. The maximum atomic E-state index is 12.8.